The molecule has 0 aliphatic heterocycles. The summed E-state index contributed by atoms with van der Waals surface area (Å²) in [5.74, 6) is -0.314. The maximum absolute atomic E-state index is 12.5. The maximum atomic E-state index is 12.5. The summed E-state index contributed by atoms with van der Waals surface area (Å²) in [6, 6.07) is 0. The van der Waals surface area contributed by atoms with Crippen molar-refractivity contribution in [2.24, 2.45) is 11.3 Å². The van der Waals surface area contributed by atoms with E-state index in [0.717, 1.165) is 0 Å². The van der Waals surface area contributed by atoms with Gasteiger partial charge in [0.2, 0.25) is 5.91 Å². The van der Waals surface area contributed by atoms with Gasteiger partial charge in [0.25, 0.3) is 0 Å². The van der Waals surface area contributed by atoms with Crippen LogP contribution in [0.3, 0.4) is 0 Å². The molecule has 0 aromatic heterocycles. The minimum Gasteiger partial charge on any atom is -0.395 e. The average molecular weight is 504 g/mol. The molecule has 5 heteroatoms. The monoisotopic (exact) mass is 503 g/mol. The van der Waals surface area contributed by atoms with Crippen molar-refractivity contribution in [3.63, 3.8) is 0 Å². The van der Waals surface area contributed by atoms with Crippen molar-refractivity contribution in [1.82, 2.24) is 5.32 Å². The van der Waals surface area contributed by atoms with Crippen LogP contribution < -0.4 is 5.32 Å². The summed E-state index contributed by atoms with van der Waals surface area (Å²) in [5, 5.41) is 23.0. The molecule has 0 heterocycles. The van der Waals surface area contributed by atoms with Gasteiger partial charge >= 0.3 is 0 Å². The summed E-state index contributed by atoms with van der Waals surface area (Å²) in [6.45, 7) is 17.1. The van der Waals surface area contributed by atoms with Crippen LogP contribution >= 0.6 is 0 Å². The van der Waals surface area contributed by atoms with Crippen LogP contribution in [0, 0.1) is 18.3 Å². The second-order valence-electron chi connectivity index (χ2n) is 8.50. The van der Waals surface area contributed by atoms with Crippen LogP contribution in [0.1, 0.15) is 54.9 Å². The molecule has 0 bridgehead atoms. The smallest absolute Gasteiger partial charge is 0.232 e. The third kappa shape index (κ3) is 13.2. The van der Waals surface area contributed by atoms with Gasteiger partial charge in [-0.15, -0.1) is 5.92 Å². The van der Waals surface area contributed by atoms with Gasteiger partial charge in [-0.25, -0.2) is 0 Å². The number of aliphatic hydroxyl groups excluding tert-OH is 2. The molecule has 0 saturated carbocycles. The quantitative estimate of drug-likeness (QED) is 0.268. The van der Waals surface area contributed by atoms with Gasteiger partial charge in [0.05, 0.1) is 11.5 Å². The number of nitrogens with one attached hydrogen (secondary N) is 1. The Morgan fingerprint density at radius 2 is 1.65 bits per heavy atom. The van der Waals surface area contributed by atoms with Crippen molar-refractivity contribution in [3.8, 4) is 0 Å². The number of hydrogen-bond donors (Lipinski definition) is 3. The first-order valence-corrected chi connectivity index (χ1v) is 10.4. The Balaban J connectivity index is 0. The van der Waals surface area contributed by atoms with Crippen molar-refractivity contribution >= 4 is 5.91 Å². The number of hydrogen-bond acceptors (Lipinski definition) is 3. The summed E-state index contributed by atoms with van der Waals surface area (Å²) in [6.07, 6.45) is 15.5. The third-order valence-corrected chi connectivity index (χ3v) is 5.01. The average Bonchev–Trinajstić information content (AvgIpc) is 2.68. The van der Waals surface area contributed by atoms with E-state index in [4.69, 9.17) is 0 Å². The van der Waals surface area contributed by atoms with E-state index < -0.39 is 17.6 Å². The predicted octanol–water partition coefficient (Wildman–Crippen LogP) is 5.19. The Morgan fingerprint density at radius 1 is 1.03 bits per heavy atom. The third-order valence-electron chi connectivity index (χ3n) is 5.01. The van der Waals surface area contributed by atoms with E-state index in [2.05, 4.69) is 33.0 Å². The van der Waals surface area contributed by atoms with Crippen molar-refractivity contribution in [2.45, 2.75) is 67.1 Å². The molecule has 0 aromatic carbocycles. The Labute approximate surface area is 214 Å². The van der Waals surface area contributed by atoms with Gasteiger partial charge < -0.3 is 22.5 Å². The largest absolute Gasteiger partial charge is 0.395 e. The van der Waals surface area contributed by atoms with E-state index in [0.29, 0.717) is 12.0 Å². The molecule has 31 heavy (non-hydrogen) atoms. The van der Waals surface area contributed by atoms with E-state index in [1.54, 1.807) is 26.0 Å². The van der Waals surface area contributed by atoms with Crippen molar-refractivity contribution in [3.05, 3.63) is 78.5 Å². The zero-order valence-corrected chi connectivity index (χ0v) is 23.1. The van der Waals surface area contributed by atoms with Crippen LogP contribution in [0.25, 0.3) is 0 Å². The van der Waals surface area contributed by atoms with E-state index in [9.17, 15) is 15.0 Å². The van der Waals surface area contributed by atoms with Crippen molar-refractivity contribution in [2.75, 3.05) is 0 Å². The molecule has 0 aliphatic rings. The summed E-state index contributed by atoms with van der Waals surface area (Å²) in [4.78, 5) is 12.5. The second kappa shape index (κ2) is 16.6. The topological polar surface area (TPSA) is 69.6 Å². The summed E-state index contributed by atoms with van der Waals surface area (Å²) in [5.41, 5.74) is 2.20. The molecule has 1 radical (unpaired) electrons. The van der Waals surface area contributed by atoms with Gasteiger partial charge in [-0.05, 0) is 59.6 Å². The zero-order chi connectivity index (χ0) is 23.3. The molecular weight excluding hydrogens is 463 g/mol. The first-order valence-electron chi connectivity index (χ1n) is 10.4. The van der Waals surface area contributed by atoms with Crippen LogP contribution in [0.2, 0.25) is 0 Å². The molecule has 0 aromatic rings. The maximum Gasteiger partial charge on any atom is 0.232 e. The van der Waals surface area contributed by atoms with Crippen LogP contribution in [-0.4, -0.2) is 28.3 Å². The van der Waals surface area contributed by atoms with Crippen LogP contribution in [0.5, 0.6) is 0 Å². The molecule has 3 atom stereocenters. The number of aliphatic hydroxyl groups is 2. The Morgan fingerprint density at radius 3 is 2.19 bits per heavy atom. The minimum absolute atomic E-state index is 0. The fourth-order valence-electron chi connectivity index (χ4n) is 2.32. The summed E-state index contributed by atoms with van der Waals surface area (Å²) in [7, 11) is 0. The SMILES string of the molecule is [CH2-]C(C)C(O)CC=CC=CNC(=O)C(C)(C)C(O)\C(C)=C/C=C\C=C\C(C)=C(C)C.[Y]. The standard InChI is InChI=1S/C26H40NO3.Y/c1-19(2)21(5)15-11-9-12-16-22(6)24(29)26(7,8)25(30)27-18-14-10-13-17-23(28)20(3)4;/h9-16,18,20,23-24,28-29H,3,17H2,1-2,4-8H3,(H,27,30);/q-1;/b12-9-,13-10?,15-11+,18-14?,22-16-;. The summed E-state index contributed by atoms with van der Waals surface area (Å²) >= 11 is 0. The molecule has 0 spiro atoms. The number of allylic oxidation sites excluding steroid dienone is 9. The van der Waals surface area contributed by atoms with Crippen LogP contribution in [0.4, 0.5) is 0 Å². The molecule has 0 saturated heterocycles. The number of rotatable bonds is 11. The van der Waals surface area contributed by atoms with Gasteiger partial charge in [-0.2, -0.15) is 0 Å². The molecule has 3 unspecified atom stereocenters. The molecule has 4 nitrogen and oxygen atoms in total. The van der Waals surface area contributed by atoms with E-state index in [1.165, 1.54) is 17.3 Å². The normalized spacial score (nSPS) is 16.0. The van der Waals surface area contributed by atoms with Gasteiger partial charge in [0, 0.05) is 45.0 Å². The minimum atomic E-state index is -0.990. The zero-order valence-electron chi connectivity index (χ0n) is 20.2. The molecule has 0 fully saturated rings. The van der Waals surface area contributed by atoms with E-state index in [1.807, 2.05) is 50.3 Å². The van der Waals surface area contributed by atoms with E-state index in [-0.39, 0.29) is 44.5 Å². The molecule has 0 aliphatic carbocycles. The number of carbonyl (C=O) groups excluding carboxylic acids is 1. The Hall–Kier alpha value is -1.07. The second-order valence-corrected chi connectivity index (χ2v) is 8.50. The van der Waals surface area contributed by atoms with Crippen molar-refractivity contribution in [1.29, 1.82) is 0 Å². The molecule has 3 N–H and O–H groups in total. The fourth-order valence-corrected chi connectivity index (χ4v) is 2.32. The van der Waals surface area contributed by atoms with Crippen LogP contribution in [0.15, 0.2) is 71.5 Å². The Kier molecular flexibility index (Phi) is 17.1. The summed E-state index contributed by atoms with van der Waals surface area (Å²) < 4.78 is 0. The first-order chi connectivity index (χ1) is 13.9. The predicted molar refractivity (Wildman–Crippen MR) is 127 cm³/mol. The van der Waals surface area contributed by atoms with Crippen LogP contribution in [-0.2, 0) is 37.5 Å². The molecule has 1 amide bonds. The number of carbonyl (C=O) groups is 1. The van der Waals surface area contributed by atoms with Crippen molar-refractivity contribution < 1.29 is 47.7 Å². The number of amides is 1. The molecule has 0 rings (SSSR count). The van der Waals surface area contributed by atoms with Gasteiger partial charge in [0.15, 0.2) is 0 Å². The van der Waals surface area contributed by atoms with Gasteiger partial charge in [-0.1, -0.05) is 60.6 Å². The van der Waals surface area contributed by atoms with E-state index >= 15 is 0 Å². The first kappa shape index (κ1) is 32.1. The van der Waals surface area contributed by atoms with Gasteiger partial charge in [-0.3, -0.25) is 4.79 Å². The Bertz CT molecular complexity index is 721. The van der Waals surface area contributed by atoms with Gasteiger partial charge in [0.1, 0.15) is 0 Å². The molecule has 171 valence electrons. The molecular formula is C26H40NO3Y-. The fraction of sp³-hybridized carbons (Fsp3) is 0.462.